The van der Waals surface area contributed by atoms with Crippen molar-refractivity contribution in [2.75, 3.05) is 24.6 Å². The number of amides is 2. The summed E-state index contributed by atoms with van der Waals surface area (Å²) in [5.41, 5.74) is 0.513. The fourth-order valence-corrected chi connectivity index (χ4v) is 4.07. The molecule has 0 radical (unpaired) electrons. The van der Waals surface area contributed by atoms with Crippen molar-refractivity contribution >= 4 is 17.5 Å². The van der Waals surface area contributed by atoms with Gasteiger partial charge in [0.05, 0.1) is 12.3 Å². The average molecular weight is 435 g/mol. The van der Waals surface area contributed by atoms with Crippen molar-refractivity contribution in [3.8, 4) is 0 Å². The molecule has 32 heavy (non-hydrogen) atoms. The number of hydrogen-bond donors (Lipinski definition) is 2. The average Bonchev–Trinajstić information content (AvgIpc) is 3.02. The molecule has 3 rings (SSSR count). The number of carbonyl (C=O) groups is 2. The number of aliphatic hydroxyl groups excluding tert-OH is 1. The Morgan fingerprint density at radius 1 is 1.19 bits per heavy atom. The van der Waals surface area contributed by atoms with Gasteiger partial charge >= 0.3 is 0 Å². The first kappa shape index (κ1) is 23.4. The van der Waals surface area contributed by atoms with Gasteiger partial charge in [0.25, 0.3) is 5.91 Å². The summed E-state index contributed by atoms with van der Waals surface area (Å²) in [4.78, 5) is 29.0. The Morgan fingerprint density at radius 2 is 1.88 bits per heavy atom. The molecule has 0 fully saturated rings. The summed E-state index contributed by atoms with van der Waals surface area (Å²) in [5, 5.41) is 20.8. The lowest BCUT2D eigenvalue weighted by Gasteiger charge is -2.27. The first-order chi connectivity index (χ1) is 15.4. The highest BCUT2D eigenvalue weighted by molar-refractivity contribution is 6.07. The van der Waals surface area contributed by atoms with E-state index in [0.717, 1.165) is 5.56 Å². The standard InChI is InChI=1S/C26H30N2O4/c1-3-16-28-23-14-8-7-13-22(23)26(32,25(28)31)20(2)10-9-15-24(30)27(17-18-29)19-21-11-5-4-6-12-21/h3-14,20,29,32H,1,15-19H2,2H3/b10-9+/t20-,26+/m0/s1. The van der Waals surface area contributed by atoms with Gasteiger partial charge in [-0.3, -0.25) is 9.59 Å². The monoisotopic (exact) mass is 434 g/mol. The molecule has 2 amide bonds. The van der Waals surface area contributed by atoms with E-state index in [9.17, 15) is 19.8 Å². The van der Waals surface area contributed by atoms with Gasteiger partial charge in [0, 0.05) is 37.5 Å². The number of nitrogens with zero attached hydrogens (tertiary/aromatic N) is 2. The van der Waals surface area contributed by atoms with Gasteiger partial charge in [-0.2, -0.15) is 0 Å². The molecule has 2 aromatic carbocycles. The minimum absolute atomic E-state index is 0.111. The van der Waals surface area contributed by atoms with E-state index in [1.165, 1.54) is 4.90 Å². The molecule has 0 aliphatic carbocycles. The van der Waals surface area contributed by atoms with Crippen molar-refractivity contribution in [2.45, 2.75) is 25.5 Å². The highest BCUT2D eigenvalue weighted by atomic mass is 16.3. The Labute approximate surface area is 189 Å². The SMILES string of the molecule is C=CCN1C(=O)[C@@](O)([C@@H](C)/C=C/CC(=O)N(CCO)Cc2ccccc2)c2ccccc21. The molecular formula is C26H30N2O4. The zero-order valence-electron chi connectivity index (χ0n) is 18.4. The second-order valence-corrected chi connectivity index (χ2v) is 7.93. The Hall–Kier alpha value is -3.22. The van der Waals surface area contributed by atoms with Crippen LogP contribution >= 0.6 is 0 Å². The summed E-state index contributed by atoms with van der Waals surface area (Å²) in [5.74, 6) is -1.07. The molecule has 1 heterocycles. The van der Waals surface area contributed by atoms with E-state index in [2.05, 4.69) is 6.58 Å². The minimum Gasteiger partial charge on any atom is -0.395 e. The fourth-order valence-electron chi connectivity index (χ4n) is 4.07. The highest BCUT2D eigenvalue weighted by Gasteiger charge is 2.51. The van der Waals surface area contributed by atoms with Crippen LogP contribution in [0.1, 0.15) is 24.5 Å². The first-order valence-corrected chi connectivity index (χ1v) is 10.8. The van der Waals surface area contributed by atoms with E-state index >= 15 is 0 Å². The fraction of sp³-hybridized carbons (Fsp3) is 0.308. The lowest BCUT2D eigenvalue weighted by Crippen LogP contribution is -2.44. The third kappa shape index (κ3) is 4.66. The smallest absolute Gasteiger partial charge is 0.264 e. The molecule has 1 aliphatic rings. The molecule has 168 valence electrons. The van der Waals surface area contributed by atoms with Crippen molar-refractivity contribution < 1.29 is 19.8 Å². The lowest BCUT2D eigenvalue weighted by molar-refractivity contribution is -0.139. The molecule has 2 atom stereocenters. The molecule has 1 aliphatic heterocycles. The maximum absolute atomic E-state index is 13.1. The van der Waals surface area contributed by atoms with Gasteiger partial charge < -0.3 is 20.0 Å². The Kier molecular flexibility index (Phi) is 7.62. The number of aliphatic hydroxyl groups is 2. The quantitative estimate of drug-likeness (QED) is 0.564. The summed E-state index contributed by atoms with van der Waals surface area (Å²) >= 11 is 0. The maximum atomic E-state index is 13.1. The molecule has 2 N–H and O–H groups in total. The number of anilines is 1. The third-order valence-electron chi connectivity index (χ3n) is 5.80. The molecule has 0 saturated heterocycles. The molecule has 0 aromatic heterocycles. The van der Waals surface area contributed by atoms with Crippen LogP contribution in [-0.4, -0.2) is 46.6 Å². The Morgan fingerprint density at radius 3 is 2.56 bits per heavy atom. The van der Waals surface area contributed by atoms with Gasteiger partial charge in [0.2, 0.25) is 5.91 Å². The molecule has 0 saturated carbocycles. The summed E-state index contributed by atoms with van der Waals surface area (Å²) < 4.78 is 0. The van der Waals surface area contributed by atoms with Crippen LogP contribution in [0.2, 0.25) is 0 Å². The lowest BCUT2D eigenvalue weighted by atomic mass is 9.83. The van der Waals surface area contributed by atoms with Crippen LogP contribution in [0.15, 0.2) is 79.4 Å². The largest absolute Gasteiger partial charge is 0.395 e. The van der Waals surface area contributed by atoms with E-state index in [1.54, 1.807) is 42.2 Å². The van der Waals surface area contributed by atoms with Crippen molar-refractivity contribution in [1.29, 1.82) is 0 Å². The van der Waals surface area contributed by atoms with E-state index in [-0.39, 0.29) is 25.5 Å². The summed E-state index contributed by atoms with van der Waals surface area (Å²) in [7, 11) is 0. The van der Waals surface area contributed by atoms with E-state index in [4.69, 9.17) is 0 Å². The van der Waals surface area contributed by atoms with Crippen LogP contribution in [0.3, 0.4) is 0 Å². The predicted octanol–water partition coefficient (Wildman–Crippen LogP) is 3.01. The molecule has 0 bridgehead atoms. The Balaban J connectivity index is 1.72. The number of fused-ring (bicyclic) bond motifs is 1. The molecular weight excluding hydrogens is 404 g/mol. The second-order valence-electron chi connectivity index (χ2n) is 7.93. The first-order valence-electron chi connectivity index (χ1n) is 10.8. The van der Waals surface area contributed by atoms with Gasteiger partial charge in [-0.1, -0.05) is 73.7 Å². The van der Waals surface area contributed by atoms with E-state index in [1.807, 2.05) is 42.5 Å². The number of rotatable bonds is 10. The number of hydrogen-bond acceptors (Lipinski definition) is 4. The van der Waals surface area contributed by atoms with Gasteiger partial charge in [0.1, 0.15) is 0 Å². The normalized spacial score (nSPS) is 18.6. The van der Waals surface area contributed by atoms with Gasteiger partial charge in [0.15, 0.2) is 5.60 Å². The van der Waals surface area contributed by atoms with Crippen LogP contribution < -0.4 is 4.90 Å². The van der Waals surface area contributed by atoms with Crippen LogP contribution in [-0.2, 0) is 21.7 Å². The van der Waals surface area contributed by atoms with Crippen LogP contribution in [0.4, 0.5) is 5.69 Å². The summed E-state index contributed by atoms with van der Waals surface area (Å²) in [6.07, 6.45) is 5.14. The Bertz CT molecular complexity index is 988. The molecule has 6 heteroatoms. The van der Waals surface area contributed by atoms with Gasteiger partial charge in [-0.25, -0.2) is 0 Å². The molecule has 0 spiro atoms. The maximum Gasteiger partial charge on any atom is 0.264 e. The zero-order chi connectivity index (χ0) is 23.1. The van der Waals surface area contributed by atoms with Crippen molar-refractivity contribution in [3.63, 3.8) is 0 Å². The number of benzene rings is 2. The summed E-state index contributed by atoms with van der Waals surface area (Å²) in [6.45, 7) is 6.31. The topological polar surface area (TPSA) is 81.1 Å². The molecule has 0 unspecified atom stereocenters. The second kappa shape index (κ2) is 10.4. The number of carbonyl (C=O) groups excluding carboxylic acids is 2. The van der Waals surface area contributed by atoms with Crippen molar-refractivity contribution in [1.82, 2.24) is 4.90 Å². The van der Waals surface area contributed by atoms with Crippen LogP contribution in [0, 0.1) is 5.92 Å². The van der Waals surface area contributed by atoms with Crippen molar-refractivity contribution in [2.24, 2.45) is 5.92 Å². The van der Waals surface area contributed by atoms with Crippen molar-refractivity contribution in [3.05, 3.63) is 90.5 Å². The minimum atomic E-state index is -1.70. The van der Waals surface area contributed by atoms with Gasteiger partial charge in [-0.05, 0) is 11.6 Å². The van der Waals surface area contributed by atoms with Crippen LogP contribution in [0.25, 0.3) is 0 Å². The van der Waals surface area contributed by atoms with Gasteiger partial charge in [-0.15, -0.1) is 6.58 Å². The van der Waals surface area contributed by atoms with Crippen LogP contribution in [0.5, 0.6) is 0 Å². The van der Waals surface area contributed by atoms with E-state index < -0.39 is 17.4 Å². The zero-order valence-corrected chi connectivity index (χ0v) is 18.4. The highest BCUT2D eigenvalue weighted by Crippen LogP contribution is 2.44. The molecule has 6 nitrogen and oxygen atoms in total. The van der Waals surface area contributed by atoms with E-state index in [0.29, 0.717) is 24.3 Å². The predicted molar refractivity (Wildman–Crippen MR) is 125 cm³/mol. The third-order valence-corrected chi connectivity index (χ3v) is 5.80. The number of para-hydroxylation sites is 1. The summed E-state index contributed by atoms with van der Waals surface area (Å²) in [6, 6.07) is 16.8. The molecule has 2 aromatic rings.